The van der Waals surface area contributed by atoms with E-state index in [9.17, 15) is 26.4 Å². The lowest BCUT2D eigenvalue weighted by Crippen LogP contribution is -2.47. The number of hydroxylamine groups is 1. The number of nitrogens with one attached hydrogen (secondary N) is 2. The molecule has 0 saturated heterocycles. The fourth-order valence-electron chi connectivity index (χ4n) is 3.08. The van der Waals surface area contributed by atoms with Crippen LogP contribution < -0.4 is 20.7 Å². The molecule has 0 unspecified atom stereocenters. The SMILES string of the molecule is NC(=NO)c1cccc(C[C@@H](NS(=O)(=O)c2cc(F)c(Oc3ccc(F)cc3)c(F)c2)C(=O)NO)c1. The van der Waals surface area contributed by atoms with Crippen LogP contribution in [0.1, 0.15) is 11.1 Å². The molecule has 190 valence electrons. The van der Waals surface area contributed by atoms with E-state index in [1.807, 2.05) is 4.72 Å². The van der Waals surface area contributed by atoms with Crippen molar-refractivity contribution in [2.75, 3.05) is 0 Å². The van der Waals surface area contributed by atoms with E-state index in [1.54, 1.807) is 0 Å². The summed E-state index contributed by atoms with van der Waals surface area (Å²) in [5.41, 5.74) is 7.46. The summed E-state index contributed by atoms with van der Waals surface area (Å²) in [5, 5.41) is 20.7. The molecule has 3 rings (SSSR count). The quantitative estimate of drug-likeness (QED) is 0.0943. The highest BCUT2D eigenvalue weighted by Gasteiger charge is 2.28. The number of hydrogen-bond donors (Lipinski definition) is 5. The number of nitrogens with zero attached hydrogens (tertiary/aromatic N) is 1. The zero-order chi connectivity index (χ0) is 26.5. The van der Waals surface area contributed by atoms with Crippen molar-refractivity contribution in [1.82, 2.24) is 10.2 Å². The first-order valence-electron chi connectivity index (χ1n) is 9.99. The molecule has 0 aliphatic carbocycles. The van der Waals surface area contributed by atoms with Crippen LogP contribution in [0.2, 0.25) is 0 Å². The summed E-state index contributed by atoms with van der Waals surface area (Å²) in [4.78, 5) is 11.3. The lowest BCUT2D eigenvalue weighted by molar-refractivity contribution is -0.130. The topological polar surface area (TPSA) is 163 Å². The fraction of sp³-hybridized carbons (Fsp3) is 0.0909. The van der Waals surface area contributed by atoms with Gasteiger partial charge in [0.2, 0.25) is 10.0 Å². The van der Waals surface area contributed by atoms with Crippen LogP contribution in [-0.2, 0) is 21.2 Å². The largest absolute Gasteiger partial charge is 0.451 e. The normalized spacial score (nSPS) is 12.7. The summed E-state index contributed by atoms with van der Waals surface area (Å²) in [6, 6.07) is 9.45. The Morgan fingerprint density at radius 2 is 1.69 bits per heavy atom. The van der Waals surface area contributed by atoms with Gasteiger partial charge in [-0.15, -0.1) is 0 Å². The van der Waals surface area contributed by atoms with E-state index in [2.05, 4.69) is 5.16 Å². The van der Waals surface area contributed by atoms with Gasteiger partial charge in [0.05, 0.1) is 4.90 Å². The van der Waals surface area contributed by atoms with Crippen molar-refractivity contribution >= 4 is 21.8 Å². The number of ether oxygens (including phenoxy) is 1. The second-order valence-electron chi connectivity index (χ2n) is 7.31. The monoisotopic (exact) mass is 524 g/mol. The van der Waals surface area contributed by atoms with E-state index >= 15 is 0 Å². The molecule has 1 amide bonds. The molecule has 0 saturated carbocycles. The van der Waals surface area contributed by atoms with Crippen LogP contribution in [0, 0.1) is 17.5 Å². The van der Waals surface area contributed by atoms with Gasteiger partial charge in [-0.05, 0) is 54.4 Å². The maximum absolute atomic E-state index is 14.6. The average molecular weight is 524 g/mol. The van der Waals surface area contributed by atoms with Crippen molar-refractivity contribution in [3.8, 4) is 11.5 Å². The molecule has 14 heteroatoms. The molecule has 0 spiro atoms. The minimum absolute atomic E-state index is 0.100. The van der Waals surface area contributed by atoms with Crippen LogP contribution in [0.4, 0.5) is 13.2 Å². The molecular formula is C22H19F3N4O6S. The van der Waals surface area contributed by atoms with E-state index in [-0.39, 0.29) is 23.6 Å². The van der Waals surface area contributed by atoms with Crippen LogP contribution in [0.3, 0.4) is 0 Å². The molecule has 0 fully saturated rings. The molecule has 36 heavy (non-hydrogen) atoms. The van der Waals surface area contributed by atoms with Gasteiger partial charge < -0.3 is 15.7 Å². The number of benzene rings is 3. The Bertz CT molecular complexity index is 1380. The van der Waals surface area contributed by atoms with Crippen LogP contribution in [0.5, 0.6) is 11.5 Å². The maximum atomic E-state index is 14.6. The fourth-order valence-corrected chi connectivity index (χ4v) is 4.30. The van der Waals surface area contributed by atoms with Gasteiger partial charge in [0.25, 0.3) is 5.91 Å². The summed E-state index contributed by atoms with van der Waals surface area (Å²) in [6.45, 7) is 0. The number of nitrogens with two attached hydrogens (primary N) is 1. The summed E-state index contributed by atoms with van der Waals surface area (Å²) < 4.78 is 74.8. The van der Waals surface area contributed by atoms with E-state index in [4.69, 9.17) is 20.9 Å². The summed E-state index contributed by atoms with van der Waals surface area (Å²) in [6.07, 6.45) is -0.325. The molecule has 0 bridgehead atoms. The van der Waals surface area contributed by atoms with Gasteiger partial charge in [-0.1, -0.05) is 23.4 Å². The highest BCUT2D eigenvalue weighted by Crippen LogP contribution is 2.30. The van der Waals surface area contributed by atoms with Crippen molar-refractivity contribution in [1.29, 1.82) is 0 Å². The molecule has 3 aromatic carbocycles. The van der Waals surface area contributed by atoms with Gasteiger partial charge in [0.15, 0.2) is 23.2 Å². The van der Waals surface area contributed by atoms with E-state index in [1.165, 1.54) is 29.7 Å². The van der Waals surface area contributed by atoms with Crippen LogP contribution in [0.25, 0.3) is 0 Å². The van der Waals surface area contributed by atoms with Gasteiger partial charge in [-0.3, -0.25) is 10.0 Å². The zero-order valence-electron chi connectivity index (χ0n) is 18.2. The number of hydrogen-bond acceptors (Lipinski definition) is 7. The predicted octanol–water partition coefficient (Wildman–Crippen LogP) is 2.39. The highest BCUT2D eigenvalue weighted by molar-refractivity contribution is 7.89. The van der Waals surface area contributed by atoms with Crippen LogP contribution >= 0.6 is 0 Å². The number of sulfonamides is 1. The maximum Gasteiger partial charge on any atom is 0.261 e. The molecule has 6 N–H and O–H groups in total. The van der Waals surface area contributed by atoms with Gasteiger partial charge in [0, 0.05) is 5.56 Å². The van der Waals surface area contributed by atoms with Crippen LogP contribution in [0.15, 0.2) is 70.7 Å². The summed E-state index contributed by atoms with van der Waals surface area (Å²) in [7, 11) is -4.70. The molecule has 3 aromatic rings. The Morgan fingerprint density at radius 3 is 2.28 bits per heavy atom. The van der Waals surface area contributed by atoms with Crippen molar-refractivity contribution in [2.45, 2.75) is 17.4 Å². The number of amides is 1. The first-order chi connectivity index (χ1) is 17.0. The van der Waals surface area contributed by atoms with Gasteiger partial charge in [-0.25, -0.2) is 27.1 Å². The number of amidine groups is 1. The molecule has 0 aliphatic heterocycles. The van der Waals surface area contributed by atoms with Crippen molar-refractivity contribution in [3.63, 3.8) is 0 Å². The molecule has 1 atom stereocenters. The molecule has 0 heterocycles. The third kappa shape index (κ3) is 6.29. The number of oxime groups is 1. The molecule has 10 nitrogen and oxygen atoms in total. The average Bonchev–Trinajstić information content (AvgIpc) is 2.85. The standard InChI is InChI=1S/C22H19F3N4O6S/c23-14-4-6-15(7-5-14)35-20-17(24)10-16(11-18(20)25)36(33,34)29-19(22(30)28-32)9-12-2-1-3-13(8-12)21(26)27-31/h1-8,10-11,19,29,31-32H,9H2,(H2,26,27)(H,28,30)/t19-/m1/s1. The molecule has 0 aliphatic rings. The first kappa shape index (κ1) is 26.5. The van der Waals surface area contributed by atoms with E-state index < -0.39 is 50.1 Å². The molecule has 0 aromatic heterocycles. The Labute approximate surface area is 202 Å². The van der Waals surface area contributed by atoms with E-state index in [0.717, 1.165) is 24.3 Å². The zero-order valence-corrected chi connectivity index (χ0v) is 19.0. The van der Waals surface area contributed by atoms with E-state index in [0.29, 0.717) is 17.7 Å². The van der Waals surface area contributed by atoms with Gasteiger partial charge >= 0.3 is 0 Å². The number of carbonyl (C=O) groups is 1. The lowest BCUT2D eigenvalue weighted by atomic mass is 10.0. The van der Waals surface area contributed by atoms with Crippen molar-refractivity contribution < 1.29 is 41.5 Å². The lowest BCUT2D eigenvalue weighted by Gasteiger charge is -2.18. The smallest absolute Gasteiger partial charge is 0.261 e. The molecule has 0 radical (unpaired) electrons. The Balaban J connectivity index is 1.87. The van der Waals surface area contributed by atoms with Gasteiger partial charge in [0.1, 0.15) is 17.6 Å². The van der Waals surface area contributed by atoms with Crippen molar-refractivity contribution in [2.24, 2.45) is 10.9 Å². The summed E-state index contributed by atoms with van der Waals surface area (Å²) >= 11 is 0. The molecular weight excluding hydrogens is 505 g/mol. The number of halogens is 3. The minimum atomic E-state index is -4.70. The first-order valence-corrected chi connectivity index (χ1v) is 11.5. The Hall–Kier alpha value is -4.14. The van der Waals surface area contributed by atoms with Gasteiger partial charge in [-0.2, -0.15) is 4.72 Å². The second-order valence-corrected chi connectivity index (χ2v) is 9.03. The number of carbonyl (C=O) groups excluding carboxylic acids is 1. The second kappa shape index (κ2) is 11.1. The third-order valence-corrected chi connectivity index (χ3v) is 6.26. The number of rotatable bonds is 9. The summed E-state index contributed by atoms with van der Waals surface area (Å²) in [5.74, 6) is -5.79. The predicted molar refractivity (Wildman–Crippen MR) is 120 cm³/mol. The van der Waals surface area contributed by atoms with Crippen molar-refractivity contribution in [3.05, 3.63) is 89.2 Å². The Morgan fingerprint density at radius 1 is 1.06 bits per heavy atom. The third-order valence-electron chi connectivity index (χ3n) is 4.81. The van der Waals surface area contributed by atoms with Crippen LogP contribution in [-0.4, -0.2) is 36.6 Å². The minimum Gasteiger partial charge on any atom is -0.451 e. The highest BCUT2D eigenvalue weighted by atomic mass is 32.2. The Kier molecular flexibility index (Phi) is 8.14.